The lowest BCUT2D eigenvalue weighted by Crippen LogP contribution is -2.23. The molecule has 1 atom stereocenters. The molecule has 106 valence electrons. The number of pyridine rings is 1. The molecule has 0 unspecified atom stereocenters. The predicted octanol–water partition coefficient (Wildman–Crippen LogP) is 2.72. The van der Waals surface area contributed by atoms with Gasteiger partial charge in [-0.15, -0.1) is 0 Å². The molecule has 0 bridgehead atoms. The molecule has 0 aliphatic carbocycles. The fourth-order valence-electron chi connectivity index (χ4n) is 2.74. The van der Waals surface area contributed by atoms with Crippen molar-refractivity contribution in [3.8, 4) is 5.75 Å². The fourth-order valence-corrected chi connectivity index (χ4v) is 2.74. The average molecular weight is 273 g/mol. The Morgan fingerprint density at radius 2 is 2.25 bits per heavy atom. The summed E-state index contributed by atoms with van der Waals surface area (Å²) in [6, 6.07) is 4.37. The minimum absolute atomic E-state index is 0.353. The Morgan fingerprint density at radius 1 is 1.35 bits per heavy atom. The second-order valence-electron chi connectivity index (χ2n) is 5.10. The Kier molecular flexibility index (Phi) is 3.69. The van der Waals surface area contributed by atoms with Crippen molar-refractivity contribution in [2.75, 3.05) is 13.7 Å². The molecule has 0 amide bonds. The maximum absolute atomic E-state index is 5.57. The Bertz CT molecular complexity index is 565. The van der Waals surface area contributed by atoms with Crippen molar-refractivity contribution >= 4 is 0 Å². The van der Waals surface area contributed by atoms with Gasteiger partial charge in [-0.3, -0.25) is 9.88 Å². The first kappa shape index (κ1) is 13.1. The van der Waals surface area contributed by atoms with Gasteiger partial charge in [0, 0.05) is 6.92 Å². The van der Waals surface area contributed by atoms with Crippen LogP contribution in [0.2, 0.25) is 0 Å². The van der Waals surface area contributed by atoms with Gasteiger partial charge < -0.3 is 9.15 Å². The molecular weight excluding hydrogens is 254 g/mol. The molecule has 0 spiro atoms. The van der Waals surface area contributed by atoms with Crippen molar-refractivity contribution in [1.29, 1.82) is 0 Å². The summed E-state index contributed by atoms with van der Waals surface area (Å²) in [6.45, 7) is 3.73. The highest BCUT2D eigenvalue weighted by atomic mass is 16.5. The van der Waals surface area contributed by atoms with Crippen molar-refractivity contribution < 1.29 is 9.15 Å². The van der Waals surface area contributed by atoms with Crippen LogP contribution in [0.3, 0.4) is 0 Å². The third-order valence-electron chi connectivity index (χ3n) is 3.73. The van der Waals surface area contributed by atoms with Crippen LogP contribution in [-0.4, -0.2) is 28.5 Å². The molecule has 2 aromatic heterocycles. The van der Waals surface area contributed by atoms with Crippen LogP contribution in [0.15, 0.2) is 28.9 Å². The van der Waals surface area contributed by atoms with E-state index in [0.29, 0.717) is 6.04 Å². The molecule has 0 aromatic carbocycles. The standard InChI is InChI=1S/C15H19N3O2/c1-11-16-9-13(20-11)10-18-7-3-4-15(18)14-6-5-12(19-2)8-17-14/h5-6,8-9,15H,3-4,7,10H2,1-2H3/t15-/m0/s1. The zero-order chi connectivity index (χ0) is 13.9. The van der Waals surface area contributed by atoms with Crippen LogP contribution in [0.25, 0.3) is 0 Å². The van der Waals surface area contributed by atoms with Gasteiger partial charge >= 0.3 is 0 Å². The van der Waals surface area contributed by atoms with E-state index in [-0.39, 0.29) is 0 Å². The van der Waals surface area contributed by atoms with E-state index in [9.17, 15) is 0 Å². The summed E-state index contributed by atoms with van der Waals surface area (Å²) in [5.74, 6) is 2.44. The second-order valence-corrected chi connectivity index (χ2v) is 5.10. The van der Waals surface area contributed by atoms with E-state index in [1.165, 1.54) is 6.42 Å². The molecule has 0 radical (unpaired) electrons. The van der Waals surface area contributed by atoms with Gasteiger partial charge in [0.1, 0.15) is 11.5 Å². The number of ether oxygens (including phenoxy) is 1. The molecule has 3 rings (SSSR count). The first-order valence-corrected chi connectivity index (χ1v) is 6.91. The van der Waals surface area contributed by atoms with E-state index in [1.807, 2.05) is 25.3 Å². The van der Waals surface area contributed by atoms with Crippen LogP contribution in [0, 0.1) is 6.92 Å². The number of rotatable bonds is 4. The minimum Gasteiger partial charge on any atom is -0.495 e. The number of hydrogen-bond donors (Lipinski definition) is 0. The summed E-state index contributed by atoms with van der Waals surface area (Å²) in [7, 11) is 1.66. The predicted molar refractivity (Wildman–Crippen MR) is 74.4 cm³/mol. The van der Waals surface area contributed by atoms with Gasteiger partial charge in [0.2, 0.25) is 0 Å². The second kappa shape index (κ2) is 5.63. The number of likely N-dealkylation sites (tertiary alicyclic amines) is 1. The zero-order valence-electron chi connectivity index (χ0n) is 11.9. The molecule has 1 fully saturated rings. The number of aryl methyl sites for hydroxylation is 1. The van der Waals surface area contributed by atoms with Crippen molar-refractivity contribution in [1.82, 2.24) is 14.9 Å². The Balaban J connectivity index is 1.74. The summed E-state index contributed by atoms with van der Waals surface area (Å²) < 4.78 is 10.7. The normalized spacial score (nSPS) is 19.4. The first-order chi connectivity index (χ1) is 9.76. The molecule has 1 saturated heterocycles. The van der Waals surface area contributed by atoms with Crippen molar-refractivity contribution in [3.63, 3.8) is 0 Å². The molecule has 3 heterocycles. The quantitative estimate of drug-likeness (QED) is 0.857. The summed E-state index contributed by atoms with van der Waals surface area (Å²) in [5.41, 5.74) is 1.10. The third-order valence-corrected chi connectivity index (χ3v) is 3.73. The van der Waals surface area contributed by atoms with E-state index in [0.717, 1.165) is 42.6 Å². The van der Waals surface area contributed by atoms with Gasteiger partial charge in [0.25, 0.3) is 0 Å². The molecule has 0 N–H and O–H groups in total. The van der Waals surface area contributed by atoms with Gasteiger partial charge in [-0.1, -0.05) is 0 Å². The van der Waals surface area contributed by atoms with Crippen LogP contribution in [0.1, 0.15) is 36.2 Å². The fraction of sp³-hybridized carbons (Fsp3) is 0.467. The SMILES string of the molecule is COc1ccc([C@@H]2CCCN2Cc2cnc(C)o2)nc1. The van der Waals surface area contributed by atoms with E-state index in [4.69, 9.17) is 9.15 Å². The maximum Gasteiger partial charge on any atom is 0.191 e. The first-order valence-electron chi connectivity index (χ1n) is 6.91. The smallest absolute Gasteiger partial charge is 0.191 e. The van der Waals surface area contributed by atoms with Crippen molar-refractivity contribution in [2.24, 2.45) is 0 Å². The average Bonchev–Trinajstić information content (AvgIpc) is 3.09. The topological polar surface area (TPSA) is 51.4 Å². The monoisotopic (exact) mass is 273 g/mol. The van der Waals surface area contributed by atoms with Gasteiger partial charge in [-0.2, -0.15) is 0 Å². The van der Waals surface area contributed by atoms with Crippen LogP contribution in [0.5, 0.6) is 5.75 Å². The lowest BCUT2D eigenvalue weighted by atomic mass is 10.1. The minimum atomic E-state index is 0.353. The van der Waals surface area contributed by atoms with Crippen molar-refractivity contribution in [2.45, 2.75) is 32.4 Å². The number of hydrogen-bond acceptors (Lipinski definition) is 5. The highest BCUT2D eigenvalue weighted by Crippen LogP contribution is 2.32. The number of nitrogens with zero attached hydrogens (tertiary/aromatic N) is 3. The summed E-state index contributed by atoms with van der Waals surface area (Å²) >= 11 is 0. The van der Waals surface area contributed by atoms with Gasteiger partial charge in [0.05, 0.1) is 37.8 Å². The Labute approximate surface area is 118 Å². The summed E-state index contributed by atoms with van der Waals surface area (Å²) in [5, 5.41) is 0. The van der Waals surface area contributed by atoms with Crippen molar-refractivity contribution in [3.05, 3.63) is 41.9 Å². The highest BCUT2D eigenvalue weighted by Gasteiger charge is 2.27. The van der Waals surface area contributed by atoms with Gasteiger partial charge in [0.15, 0.2) is 5.89 Å². The number of methoxy groups -OCH3 is 1. The Hall–Kier alpha value is -1.88. The largest absolute Gasteiger partial charge is 0.495 e. The van der Waals surface area contributed by atoms with E-state index in [2.05, 4.69) is 14.9 Å². The van der Waals surface area contributed by atoms with E-state index < -0.39 is 0 Å². The van der Waals surface area contributed by atoms with Crippen LogP contribution in [0.4, 0.5) is 0 Å². The maximum atomic E-state index is 5.57. The van der Waals surface area contributed by atoms with Gasteiger partial charge in [-0.05, 0) is 31.5 Å². The summed E-state index contributed by atoms with van der Waals surface area (Å²) in [4.78, 5) is 11.1. The van der Waals surface area contributed by atoms with Gasteiger partial charge in [-0.25, -0.2) is 4.98 Å². The van der Waals surface area contributed by atoms with Crippen LogP contribution >= 0.6 is 0 Å². The van der Waals surface area contributed by atoms with E-state index >= 15 is 0 Å². The van der Waals surface area contributed by atoms with E-state index in [1.54, 1.807) is 13.3 Å². The molecular formula is C15H19N3O2. The highest BCUT2D eigenvalue weighted by molar-refractivity contribution is 5.22. The molecule has 1 aliphatic rings. The zero-order valence-corrected chi connectivity index (χ0v) is 11.9. The number of oxazole rings is 1. The molecule has 5 heteroatoms. The summed E-state index contributed by atoms with van der Waals surface area (Å²) in [6.07, 6.45) is 5.91. The Morgan fingerprint density at radius 3 is 2.90 bits per heavy atom. The number of aromatic nitrogens is 2. The third kappa shape index (κ3) is 2.67. The molecule has 5 nitrogen and oxygen atoms in total. The molecule has 1 aliphatic heterocycles. The van der Waals surface area contributed by atoms with Crippen LogP contribution in [-0.2, 0) is 6.54 Å². The lowest BCUT2D eigenvalue weighted by Gasteiger charge is -2.22. The molecule has 20 heavy (non-hydrogen) atoms. The molecule has 2 aromatic rings. The molecule has 0 saturated carbocycles. The van der Waals surface area contributed by atoms with Crippen LogP contribution < -0.4 is 4.74 Å². The lowest BCUT2D eigenvalue weighted by molar-refractivity contribution is 0.223.